The monoisotopic (exact) mass is 410 g/mol. The minimum Gasteiger partial charge on any atom is -0.334 e. The molecule has 3 aromatic rings. The fraction of sp³-hybridized carbons (Fsp3) is 0.321. The van der Waals surface area contributed by atoms with Gasteiger partial charge in [-0.25, -0.2) is 0 Å². The first-order chi connectivity index (χ1) is 15.3. The molecule has 3 nitrogen and oxygen atoms in total. The number of carbonyl (C=O) groups excluding carboxylic acids is 1. The minimum atomic E-state index is 0.186. The SMILES string of the molecule is O=C(c1ccc(-c2cccc(-c3ccccc3)c2)cc1)N1CCC[C@H]1CN1CCCC1. The van der Waals surface area contributed by atoms with Crippen molar-refractivity contribution in [2.24, 2.45) is 0 Å². The number of hydrogen-bond acceptors (Lipinski definition) is 2. The van der Waals surface area contributed by atoms with Crippen LogP contribution in [0.1, 0.15) is 36.0 Å². The Kier molecular flexibility index (Phi) is 5.86. The van der Waals surface area contributed by atoms with Crippen molar-refractivity contribution in [2.75, 3.05) is 26.2 Å². The Morgan fingerprint density at radius 1 is 0.710 bits per heavy atom. The summed E-state index contributed by atoms with van der Waals surface area (Å²) in [5, 5.41) is 0. The second kappa shape index (κ2) is 9.07. The molecular weight excluding hydrogens is 380 g/mol. The minimum absolute atomic E-state index is 0.186. The molecule has 2 heterocycles. The highest BCUT2D eigenvalue weighted by molar-refractivity contribution is 5.95. The molecule has 0 saturated carbocycles. The largest absolute Gasteiger partial charge is 0.334 e. The van der Waals surface area contributed by atoms with Crippen LogP contribution in [0.25, 0.3) is 22.3 Å². The molecule has 3 aromatic carbocycles. The van der Waals surface area contributed by atoms with Crippen LogP contribution in [0.5, 0.6) is 0 Å². The summed E-state index contributed by atoms with van der Waals surface area (Å²) < 4.78 is 0. The predicted molar refractivity (Wildman–Crippen MR) is 127 cm³/mol. The van der Waals surface area contributed by atoms with Crippen LogP contribution in [0, 0.1) is 0 Å². The molecule has 1 atom stereocenters. The maximum Gasteiger partial charge on any atom is 0.254 e. The van der Waals surface area contributed by atoms with E-state index >= 15 is 0 Å². The second-order valence-electron chi connectivity index (χ2n) is 8.83. The number of nitrogens with zero attached hydrogens (tertiary/aromatic N) is 2. The van der Waals surface area contributed by atoms with Crippen LogP contribution in [0.3, 0.4) is 0 Å². The van der Waals surface area contributed by atoms with Gasteiger partial charge in [0.2, 0.25) is 0 Å². The van der Waals surface area contributed by atoms with Crippen molar-refractivity contribution in [1.29, 1.82) is 0 Å². The van der Waals surface area contributed by atoms with Gasteiger partial charge in [-0.2, -0.15) is 0 Å². The van der Waals surface area contributed by atoms with E-state index in [2.05, 4.69) is 70.5 Å². The fourth-order valence-corrected chi connectivity index (χ4v) is 5.04. The summed E-state index contributed by atoms with van der Waals surface area (Å²) in [7, 11) is 0. The lowest BCUT2D eigenvalue weighted by molar-refractivity contribution is 0.0709. The average molecular weight is 411 g/mol. The molecule has 5 rings (SSSR count). The first-order valence-electron chi connectivity index (χ1n) is 11.6. The number of likely N-dealkylation sites (tertiary alicyclic amines) is 2. The van der Waals surface area contributed by atoms with Crippen LogP contribution < -0.4 is 0 Å². The van der Waals surface area contributed by atoms with Crippen LogP contribution in [0.4, 0.5) is 0 Å². The molecule has 2 aliphatic heterocycles. The molecular formula is C28H30N2O. The van der Waals surface area contributed by atoms with Gasteiger partial charge in [0.1, 0.15) is 0 Å². The first-order valence-corrected chi connectivity index (χ1v) is 11.6. The summed E-state index contributed by atoms with van der Waals surface area (Å²) in [5.41, 5.74) is 5.54. The lowest BCUT2D eigenvalue weighted by Gasteiger charge is -2.28. The maximum absolute atomic E-state index is 13.2. The van der Waals surface area contributed by atoms with Gasteiger partial charge in [-0.05, 0) is 79.2 Å². The van der Waals surface area contributed by atoms with E-state index in [1.54, 1.807) is 0 Å². The lowest BCUT2D eigenvalue weighted by Crippen LogP contribution is -2.42. The lowest BCUT2D eigenvalue weighted by atomic mass is 9.98. The van der Waals surface area contributed by atoms with Gasteiger partial charge in [-0.3, -0.25) is 4.79 Å². The third-order valence-corrected chi connectivity index (χ3v) is 6.74. The van der Waals surface area contributed by atoms with Gasteiger partial charge in [0.25, 0.3) is 5.91 Å². The molecule has 0 radical (unpaired) electrons. The van der Waals surface area contributed by atoms with Crippen molar-refractivity contribution >= 4 is 5.91 Å². The molecule has 3 heteroatoms. The van der Waals surface area contributed by atoms with E-state index in [-0.39, 0.29) is 5.91 Å². The molecule has 0 aliphatic carbocycles. The van der Waals surface area contributed by atoms with Crippen LogP contribution in [-0.4, -0.2) is 47.9 Å². The number of amides is 1. The molecule has 0 aromatic heterocycles. The number of hydrogen-bond donors (Lipinski definition) is 0. The van der Waals surface area contributed by atoms with Crippen LogP contribution in [0.15, 0.2) is 78.9 Å². The molecule has 2 aliphatic rings. The average Bonchev–Trinajstić information content (AvgIpc) is 3.52. The van der Waals surface area contributed by atoms with Crippen LogP contribution >= 0.6 is 0 Å². The summed E-state index contributed by atoms with van der Waals surface area (Å²) in [6.07, 6.45) is 4.85. The maximum atomic E-state index is 13.2. The van der Waals surface area contributed by atoms with E-state index in [1.165, 1.54) is 42.6 Å². The molecule has 31 heavy (non-hydrogen) atoms. The Morgan fingerprint density at radius 2 is 1.35 bits per heavy atom. The van der Waals surface area contributed by atoms with E-state index in [4.69, 9.17) is 0 Å². The molecule has 2 fully saturated rings. The highest BCUT2D eigenvalue weighted by Crippen LogP contribution is 2.28. The van der Waals surface area contributed by atoms with E-state index in [0.717, 1.165) is 37.1 Å². The number of benzene rings is 3. The van der Waals surface area contributed by atoms with Gasteiger partial charge < -0.3 is 9.80 Å². The van der Waals surface area contributed by atoms with E-state index in [1.807, 2.05) is 18.2 Å². The number of rotatable bonds is 5. The Bertz CT molecular complexity index is 1020. The normalized spacial score (nSPS) is 19.1. The Labute approximate surface area is 185 Å². The molecule has 2 saturated heterocycles. The highest BCUT2D eigenvalue weighted by Gasteiger charge is 2.31. The topological polar surface area (TPSA) is 23.6 Å². The number of carbonyl (C=O) groups is 1. The van der Waals surface area contributed by atoms with Crippen molar-refractivity contribution in [3.8, 4) is 22.3 Å². The smallest absolute Gasteiger partial charge is 0.254 e. The quantitative estimate of drug-likeness (QED) is 0.537. The Morgan fingerprint density at radius 3 is 2.06 bits per heavy atom. The summed E-state index contributed by atoms with van der Waals surface area (Å²) in [4.78, 5) is 17.9. The van der Waals surface area contributed by atoms with Gasteiger partial charge in [0.15, 0.2) is 0 Å². The molecule has 158 valence electrons. The van der Waals surface area contributed by atoms with Gasteiger partial charge in [0, 0.05) is 24.7 Å². The molecule has 0 spiro atoms. The van der Waals surface area contributed by atoms with Crippen molar-refractivity contribution in [2.45, 2.75) is 31.7 Å². The van der Waals surface area contributed by atoms with Gasteiger partial charge in [-0.15, -0.1) is 0 Å². The first kappa shape index (κ1) is 20.0. The molecule has 1 amide bonds. The fourth-order valence-electron chi connectivity index (χ4n) is 5.04. The zero-order valence-electron chi connectivity index (χ0n) is 18.0. The van der Waals surface area contributed by atoms with Crippen molar-refractivity contribution in [3.63, 3.8) is 0 Å². The molecule has 0 bridgehead atoms. The Balaban J connectivity index is 1.31. The molecule has 0 unspecified atom stereocenters. The Hall–Kier alpha value is -2.91. The summed E-state index contributed by atoms with van der Waals surface area (Å²) >= 11 is 0. The summed E-state index contributed by atoms with van der Waals surface area (Å²) in [5.74, 6) is 0.186. The van der Waals surface area contributed by atoms with Crippen molar-refractivity contribution in [3.05, 3.63) is 84.4 Å². The second-order valence-corrected chi connectivity index (χ2v) is 8.83. The highest BCUT2D eigenvalue weighted by atomic mass is 16.2. The van der Waals surface area contributed by atoms with Gasteiger partial charge >= 0.3 is 0 Å². The summed E-state index contributed by atoms with van der Waals surface area (Å²) in [6, 6.07) is 27.6. The standard InChI is InChI=1S/C28H30N2O/c31-28(30-19-7-12-27(30)21-29-17-4-5-18-29)24-15-13-23(14-16-24)26-11-6-10-25(20-26)22-8-2-1-3-9-22/h1-3,6,8-11,13-16,20,27H,4-5,7,12,17-19,21H2/t27-/m0/s1. The summed E-state index contributed by atoms with van der Waals surface area (Å²) in [6.45, 7) is 4.30. The third kappa shape index (κ3) is 4.42. The van der Waals surface area contributed by atoms with Gasteiger partial charge in [0.05, 0.1) is 0 Å². The van der Waals surface area contributed by atoms with Crippen LogP contribution in [0.2, 0.25) is 0 Å². The van der Waals surface area contributed by atoms with Crippen molar-refractivity contribution < 1.29 is 4.79 Å². The zero-order valence-corrected chi connectivity index (χ0v) is 18.0. The predicted octanol–water partition coefficient (Wildman–Crippen LogP) is 5.72. The van der Waals surface area contributed by atoms with Gasteiger partial charge in [-0.1, -0.05) is 60.7 Å². The van der Waals surface area contributed by atoms with Crippen molar-refractivity contribution in [1.82, 2.24) is 9.80 Å². The van der Waals surface area contributed by atoms with E-state index in [0.29, 0.717) is 6.04 Å². The zero-order chi connectivity index (χ0) is 21.0. The molecule has 0 N–H and O–H groups in total. The van der Waals surface area contributed by atoms with E-state index in [9.17, 15) is 4.79 Å². The third-order valence-electron chi connectivity index (χ3n) is 6.74. The van der Waals surface area contributed by atoms with Crippen LogP contribution in [-0.2, 0) is 0 Å². The van der Waals surface area contributed by atoms with E-state index < -0.39 is 0 Å².